The first-order valence-electron chi connectivity index (χ1n) is 7.95. The van der Waals surface area contributed by atoms with Gasteiger partial charge in [-0.15, -0.1) is 0 Å². The number of rotatable bonds is 5. The molecule has 0 saturated heterocycles. The van der Waals surface area contributed by atoms with Crippen LogP contribution in [0.2, 0.25) is 0 Å². The zero-order valence-corrected chi connectivity index (χ0v) is 13.6. The number of H-pyrrole nitrogens is 1. The topological polar surface area (TPSA) is 71.5 Å². The van der Waals surface area contributed by atoms with Gasteiger partial charge in [0, 0.05) is 5.39 Å². The molecule has 1 aromatic heterocycles. The van der Waals surface area contributed by atoms with Crippen molar-refractivity contribution in [2.45, 2.75) is 38.0 Å². The Balaban J connectivity index is 2.09. The maximum atomic E-state index is 12.5. The number of hydrogen-bond acceptors (Lipinski definition) is 3. The summed E-state index contributed by atoms with van der Waals surface area (Å²) in [6, 6.07) is 4.88. The van der Waals surface area contributed by atoms with E-state index in [9.17, 15) is 23.1 Å². The van der Waals surface area contributed by atoms with Crippen LogP contribution in [0.15, 0.2) is 18.2 Å². The van der Waals surface area contributed by atoms with Gasteiger partial charge in [-0.25, -0.2) is 0 Å². The van der Waals surface area contributed by atoms with Crippen LogP contribution in [0.4, 0.5) is 13.2 Å². The van der Waals surface area contributed by atoms with Crippen LogP contribution in [0.3, 0.4) is 0 Å². The highest BCUT2D eigenvalue weighted by Gasteiger charge is 2.41. The van der Waals surface area contributed by atoms with Crippen molar-refractivity contribution in [3.63, 3.8) is 0 Å². The Morgan fingerprint density at radius 2 is 2.20 bits per heavy atom. The van der Waals surface area contributed by atoms with Crippen LogP contribution in [-0.4, -0.2) is 35.4 Å². The Kier molecular flexibility index (Phi) is 4.40. The molecule has 1 unspecified atom stereocenters. The molecule has 0 aliphatic carbocycles. The van der Waals surface area contributed by atoms with Crippen LogP contribution in [-0.2, 0) is 21.6 Å². The highest BCUT2D eigenvalue weighted by molar-refractivity contribution is 5.90. The SMILES string of the molecule is CCC1(CC(=O)O)OCCc2c1[nH]c1c(OCC(F)(F)F)cccc21. The molecule has 0 amide bonds. The number of halogens is 3. The zero-order chi connectivity index (χ0) is 18.2. The Bertz CT molecular complexity index is 799. The lowest BCUT2D eigenvalue weighted by Gasteiger charge is -2.35. The van der Waals surface area contributed by atoms with Gasteiger partial charge in [-0.05, 0) is 24.5 Å². The fourth-order valence-electron chi connectivity index (χ4n) is 3.38. The number of aliphatic carboxylic acids is 1. The molecule has 5 nitrogen and oxygen atoms in total. The molecule has 8 heteroatoms. The third-order valence-electron chi connectivity index (χ3n) is 4.49. The van der Waals surface area contributed by atoms with Gasteiger partial charge in [0.05, 0.1) is 24.2 Å². The van der Waals surface area contributed by atoms with E-state index in [1.807, 2.05) is 6.92 Å². The van der Waals surface area contributed by atoms with Gasteiger partial charge in [-0.1, -0.05) is 19.1 Å². The number of carboxylic acid groups (broad SMARTS) is 1. The van der Waals surface area contributed by atoms with E-state index in [1.165, 1.54) is 6.07 Å². The van der Waals surface area contributed by atoms with Crippen molar-refractivity contribution in [3.05, 3.63) is 29.5 Å². The molecule has 0 radical (unpaired) electrons. The summed E-state index contributed by atoms with van der Waals surface area (Å²) in [6.45, 7) is 0.791. The van der Waals surface area contributed by atoms with Crippen molar-refractivity contribution in [2.75, 3.05) is 13.2 Å². The molecule has 3 rings (SSSR count). The van der Waals surface area contributed by atoms with Gasteiger partial charge in [0.15, 0.2) is 6.61 Å². The van der Waals surface area contributed by atoms with Crippen LogP contribution in [0, 0.1) is 0 Å². The van der Waals surface area contributed by atoms with Crippen molar-refractivity contribution in [1.82, 2.24) is 4.98 Å². The average Bonchev–Trinajstić information content (AvgIpc) is 2.92. The number of aromatic amines is 1. The number of para-hydroxylation sites is 1. The molecule has 0 saturated carbocycles. The number of aromatic nitrogens is 1. The summed E-state index contributed by atoms with van der Waals surface area (Å²) in [6.07, 6.45) is -3.67. The first-order valence-corrected chi connectivity index (χ1v) is 7.95. The van der Waals surface area contributed by atoms with E-state index in [1.54, 1.807) is 12.1 Å². The van der Waals surface area contributed by atoms with Crippen molar-refractivity contribution in [2.24, 2.45) is 0 Å². The fourth-order valence-corrected chi connectivity index (χ4v) is 3.38. The molecule has 136 valence electrons. The van der Waals surface area contributed by atoms with E-state index >= 15 is 0 Å². The molecule has 0 spiro atoms. The number of hydrogen-bond donors (Lipinski definition) is 2. The van der Waals surface area contributed by atoms with E-state index in [0.717, 1.165) is 10.9 Å². The number of alkyl halides is 3. The summed E-state index contributed by atoms with van der Waals surface area (Å²) in [4.78, 5) is 14.4. The van der Waals surface area contributed by atoms with Gasteiger partial charge in [-0.2, -0.15) is 13.2 Å². The number of benzene rings is 1. The maximum Gasteiger partial charge on any atom is 0.422 e. The molecule has 0 fully saturated rings. The first kappa shape index (κ1) is 17.6. The van der Waals surface area contributed by atoms with E-state index < -0.39 is 24.4 Å². The number of ether oxygens (including phenoxy) is 2. The second-order valence-corrected chi connectivity index (χ2v) is 6.08. The van der Waals surface area contributed by atoms with E-state index in [0.29, 0.717) is 30.7 Å². The minimum absolute atomic E-state index is 0.0875. The van der Waals surface area contributed by atoms with Gasteiger partial charge in [0.25, 0.3) is 0 Å². The highest BCUT2D eigenvalue weighted by atomic mass is 19.4. The normalized spacial score (nSPS) is 20.5. The summed E-state index contributed by atoms with van der Waals surface area (Å²) < 4.78 is 48.1. The van der Waals surface area contributed by atoms with Gasteiger partial charge in [0.1, 0.15) is 11.4 Å². The Morgan fingerprint density at radius 1 is 1.44 bits per heavy atom. The third-order valence-corrected chi connectivity index (χ3v) is 4.49. The maximum absolute atomic E-state index is 12.5. The zero-order valence-electron chi connectivity index (χ0n) is 13.6. The quantitative estimate of drug-likeness (QED) is 0.855. The molecule has 2 N–H and O–H groups in total. The molecule has 1 aliphatic rings. The Hall–Kier alpha value is -2.22. The highest BCUT2D eigenvalue weighted by Crippen LogP contribution is 2.43. The molecule has 1 aliphatic heterocycles. The van der Waals surface area contributed by atoms with Crippen molar-refractivity contribution < 1.29 is 32.5 Å². The van der Waals surface area contributed by atoms with Gasteiger partial charge >= 0.3 is 12.1 Å². The minimum atomic E-state index is -4.44. The van der Waals surface area contributed by atoms with Gasteiger partial charge in [-0.3, -0.25) is 4.79 Å². The number of carboxylic acids is 1. The molecule has 25 heavy (non-hydrogen) atoms. The molecule has 1 atom stereocenters. The van der Waals surface area contributed by atoms with Crippen LogP contribution in [0.1, 0.15) is 31.0 Å². The minimum Gasteiger partial charge on any atom is -0.482 e. The predicted molar refractivity (Wildman–Crippen MR) is 83.7 cm³/mol. The van der Waals surface area contributed by atoms with Crippen LogP contribution >= 0.6 is 0 Å². The Morgan fingerprint density at radius 3 is 2.84 bits per heavy atom. The average molecular weight is 357 g/mol. The monoisotopic (exact) mass is 357 g/mol. The summed E-state index contributed by atoms with van der Waals surface area (Å²) >= 11 is 0. The lowest BCUT2D eigenvalue weighted by molar-refractivity contribution is -0.153. The van der Waals surface area contributed by atoms with Crippen LogP contribution in [0.25, 0.3) is 10.9 Å². The lowest BCUT2D eigenvalue weighted by Crippen LogP contribution is -2.37. The third kappa shape index (κ3) is 3.30. The molecule has 2 aromatic rings. The molecule has 2 heterocycles. The second-order valence-electron chi connectivity index (χ2n) is 6.08. The first-order chi connectivity index (χ1) is 11.8. The molecule has 1 aromatic carbocycles. The summed E-state index contributed by atoms with van der Waals surface area (Å²) in [7, 11) is 0. The lowest BCUT2D eigenvalue weighted by atomic mass is 9.86. The summed E-state index contributed by atoms with van der Waals surface area (Å²) in [5, 5.41) is 9.98. The fraction of sp³-hybridized carbons (Fsp3) is 0.471. The summed E-state index contributed by atoms with van der Waals surface area (Å²) in [5.74, 6) is -0.911. The predicted octanol–water partition coefficient (Wildman–Crippen LogP) is 3.76. The second kappa shape index (κ2) is 6.25. The van der Waals surface area contributed by atoms with E-state index in [2.05, 4.69) is 4.98 Å². The number of carbonyl (C=O) groups is 1. The van der Waals surface area contributed by atoms with Crippen molar-refractivity contribution in [1.29, 1.82) is 0 Å². The van der Waals surface area contributed by atoms with Crippen LogP contribution in [0.5, 0.6) is 5.75 Å². The molecular formula is C17H18F3NO4. The number of nitrogens with one attached hydrogen (secondary N) is 1. The Labute approximate surface area is 141 Å². The van der Waals surface area contributed by atoms with Crippen LogP contribution < -0.4 is 4.74 Å². The smallest absolute Gasteiger partial charge is 0.422 e. The van der Waals surface area contributed by atoms with Gasteiger partial charge < -0.3 is 19.6 Å². The number of fused-ring (bicyclic) bond motifs is 3. The van der Waals surface area contributed by atoms with E-state index in [4.69, 9.17) is 9.47 Å². The molecular weight excluding hydrogens is 339 g/mol. The van der Waals surface area contributed by atoms with Crippen molar-refractivity contribution in [3.8, 4) is 5.75 Å². The standard InChI is InChI=1S/C17H18F3NO4/c1-2-16(8-13(22)23)15-11(6-7-25-16)10-4-3-5-12(14(10)21-15)24-9-17(18,19)20/h3-5,21H,2,6-9H2,1H3,(H,22,23). The van der Waals surface area contributed by atoms with Gasteiger partial charge in [0.2, 0.25) is 0 Å². The largest absolute Gasteiger partial charge is 0.482 e. The summed E-state index contributed by atoms with van der Waals surface area (Å²) in [5.41, 5.74) is 0.911. The molecule has 0 bridgehead atoms. The van der Waals surface area contributed by atoms with Crippen molar-refractivity contribution >= 4 is 16.9 Å². The van der Waals surface area contributed by atoms with E-state index in [-0.39, 0.29) is 12.2 Å².